The van der Waals surface area contributed by atoms with Gasteiger partial charge in [0.1, 0.15) is 23.3 Å². The summed E-state index contributed by atoms with van der Waals surface area (Å²) in [5.41, 5.74) is 1.68. The first-order valence-electron chi connectivity index (χ1n) is 10.8. The van der Waals surface area contributed by atoms with E-state index in [1.165, 1.54) is 23.3 Å². The van der Waals surface area contributed by atoms with Crippen LogP contribution in [0.1, 0.15) is 42.8 Å². The molecule has 0 spiro atoms. The Morgan fingerprint density at radius 1 is 1.00 bits per heavy atom. The summed E-state index contributed by atoms with van der Waals surface area (Å²) in [4.78, 5) is 28.8. The topological polar surface area (TPSA) is 76.1 Å². The molecular weight excluding hydrogens is 450 g/mol. The first-order chi connectivity index (χ1) is 16.2. The van der Waals surface area contributed by atoms with Crippen molar-refractivity contribution in [1.82, 2.24) is 0 Å². The molecule has 34 heavy (non-hydrogen) atoms. The lowest BCUT2D eigenvalue weighted by molar-refractivity contribution is -0.132. The number of nitrogens with zero attached hydrogens (tertiary/aromatic N) is 1. The minimum absolute atomic E-state index is 0.0274. The number of ether oxygens (including phenoxy) is 2. The zero-order valence-corrected chi connectivity index (χ0v) is 20.6. The molecule has 6 nitrogen and oxygen atoms in total. The van der Waals surface area contributed by atoms with E-state index in [1.807, 2.05) is 29.6 Å². The maximum absolute atomic E-state index is 13.4. The number of hydrogen-bond acceptors (Lipinski definition) is 6. The zero-order valence-electron chi connectivity index (χ0n) is 19.8. The Balaban J connectivity index is 1.96. The van der Waals surface area contributed by atoms with Crippen LogP contribution in [0.3, 0.4) is 0 Å². The number of methoxy groups -OCH3 is 2. The van der Waals surface area contributed by atoms with Crippen molar-refractivity contribution < 1.29 is 24.2 Å². The van der Waals surface area contributed by atoms with Gasteiger partial charge in [-0.3, -0.25) is 14.5 Å². The van der Waals surface area contributed by atoms with Crippen molar-refractivity contribution in [2.24, 2.45) is 0 Å². The van der Waals surface area contributed by atoms with Crippen LogP contribution in [0.15, 0.2) is 65.6 Å². The van der Waals surface area contributed by atoms with Crippen LogP contribution in [0.5, 0.6) is 11.5 Å². The average Bonchev–Trinajstić information content (AvgIpc) is 3.44. The van der Waals surface area contributed by atoms with E-state index in [0.29, 0.717) is 22.7 Å². The van der Waals surface area contributed by atoms with Gasteiger partial charge in [-0.2, -0.15) is 0 Å². The van der Waals surface area contributed by atoms with Gasteiger partial charge in [0.15, 0.2) is 0 Å². The molecule has 0 radical (unpaired) electrons. The smallest absolute Gasteiger partial charge is 0.300 e. The monoisotopic (exact) mass is 477 g/mol. The van der Waals surface area contributed by atoms with Gasteiger partial charge in [-0.05, 0) is 46.7 Å². The molecule has 1 aromatic heterocycles. The van der Waals surface area contributed by atoms with Crippen LogP contribution in [-0.4, -0.2) is 31.0 Å². The summed E-state index contributed by atoms with van der Waals surface area (Å²) in [5, 5.41) is 13.4. The summed E-state index contributed by atoms with van der Waals surface area (Å²) in [7, 11) is 3.05. The van der Waals surface area contributed by atoms with Crippen LogP contribution in [0.25, 0.3) is 5.76 Å². The summed E-state index contributed by atoms with van der Waals surface area (Å²) in [6.07, 6.45) is 0. The number of aliphatic hydroxyl groups excluding tert-OH is 1. The highest BCUT2D eigenvalue weighted by molar-refractivity contribution is 7.10. The third-order valence-corrected chi connectivity index (χ3v) is 6.83. The second-order valence-corrected chi connectivity index (χ2v) is 10.0. The zero-order chi connectivity index (χ0) is 24.6. The molecular formula is C27H27NO5S. The predicted octanol–water partition coefficient (Wildman–Crippen LogP) is 5.69. The van der Waals surface area contributed by atoms with E-state index >= 15 is 0 Å². The van der Waals surface area contributed by atoms with E-state index in [1.54, 1.807) is 37.4 Å². The number of aliphatic hydroxyl groups is 1. The minimum atomic E-state index is -0.782. The van der Waals surface area contributed by atoms with E-state index in [2.05, 4.69) is 20.8 Å². The number of benzene rings is 2. The SMILES string of the molecule is COc1cccc(N2C(=O)C(=O)/C(=C(/O)c3cc(C(C)(C)C)ccc3OC)C2c2cccs2)c1. The average molecular weight is 478 g/mol. The van der Waals surface area contributed by atoms with Crippen molar-refractivity contribution >= 4 is 34.5 Å². The van der Waals surface area contributed by atoms with Crippen molar-refractivity contribution in [2.45, 2.75) is 32.2 Å². The van der Waals surface area contributed by atoms with Crippen molar-refractivity contribution in [3.8, 4) is 11.5 Å². The van der Waals surface area contributed by atoms with Crippen molar-refractivity contribution in [1.29, 1.82) is 0 Å². The molecule has 0 aliphatic carbocycles. The lowest BCUT2D eigenvalue weighted by Gasteiger charge is -2.25. The summed E-state index contributed by atoms with van der Waals surface area (Å²) in [5.74, 6) is -0.738. The number of Topliss-reactive ketones (excluding diaryl/α,β-unsaturated/α-hetero) is 1. The molecule has 176 valence electrons. The third-order valence-electron chi connectivity index (χ3n) is 5.91. The fourth-order valence-corrected chi connectivity index (χ4v) is 4.90. The van der Waals surface area contributed by atoms with Gasteiger partial charge in [0.05, 0.1) is 25.4 Å². The van der Waals surface area contributed by atoms with Gasteiger partial charge in [0.25, 0.3) is 11.7 Å². The molecule has 3 aromatic rings. The van der Waals surface area contributed by atoms with Gasteiger partial charge in [-0.15, -0.1) is 11.3 Å². The van der Waals surface area contributed by atoms with Crippen LogP contribution in [-0.2, 0) is 15.0 Å². The molecule has 1 fully saturated rings. The summed E-state index contributed by atoms with van der Waals surface area (Å²) < 4.78 is 10.8. The van der Waals surface area contributed by atoms with Gasteiger partial charge < -0.3 is 14.6 Å². The Bertz CT molecular complexity index is 1270. The number of thiophene rings is 1. The maximum atomic E-state index is 13.4. The molecule has 0 saturated carbocycles. The molecule has 0 bridgehead atoms. The number of anilines is 1. The standard InChI is InChI=1S/C27H27NO5S/c1-27(2,3)16-11-12-20(33-5)19(14-16)24(29)22-23(21-10-7-13-34-21)28(26(31)25(22)30)17-8-6-9-18(15-17)32-4/h6-15,23,29H,1-5H3/b24-22+. The summed E-state index contributed by atoms with van der Waals surface area (Å²) in [6, 6.07) is 15.4. The van der Waals surface area contributed by atoms with E-state index in [9.17, 15) is 14.7 Å². The molecule has 1 aliphatic rings. The number of hydrogen-bond donors (Lipinski definition) is 1. The van der Waals surface area contributed by atoms with Crippen molar-refractivity contribution in [2.75, 3.05) is 19.1 Å². The number of carbonyl (C=O) groups is 2. The number of ketones is 1. The largest absolute Gasteiger partial charge is 0.507 e. The highest BCUT2D eigenvalue weighted by Gasteiger charge is 2.47. The Morgan fingerprint density at radius 3 is 2.38 bits per heavy atom. The highest BCUT2D eigenvalue weighted by atomic mass is 32.1. The van der Waals surface area contributed by atoms with Gasteiger partial charge in [-0.25, -0.2) is 0 Å². The molecule has 1 aliphatic heterocycles. The van der Waals surface area contributed by atoms with Crippen LogP contribution in [0, 0.1) is 0 Å². The Labute approximate surface area is 203 Å². The van der Waals surface area contributed by atoms with Crippen LogP contribution in [0.2, 0.25) is 0 Å². The first kappa shape index (κ1) is 23.6. The Hall–Kier alpha value is -3.58. The molecule has 4 rings (SSSR count). The fraction of sp³-hybridized carbons (Fsp3) is 0.259. The molecule has 1 N–H and O–H groups in total. The minimum Gasteiger partial charge on any atom is -0.507 e. The van der Waals surface area contributed by atoms with Gasteiger partial charge in [0.2, 0.25) is 0 Å². The lowest BCUT2D eigenvalue weighted by atomic mass is 9.85. The molecule has 2 aromatic carbocycles. The Kier molecular flexibility index (Phi) is 6.23. The van der Waals surface area contributed by atoms with E-state index in [4.69, 9.17) is 9.47 Å². The molecule has 2 heterocycles. The van der Waals surface area contributed by atoms with Gasteiger partial charge in [0, 0.05) is 16.6 Å². The highest BCUT2D eigenvalue weighted by Crippen LogP contribution is 2.45. The maximum Gasteiger partial charge on any atom is 0.300 e. The van der Waals surface area contributed by atoms with Crippen LogP contribution in [0.4, 0.5) is 5.69 Å². The molecule has 1 amide bonds. The molecule has 1 unspecified atom stereocenters. The second kappa shape index (κ2) is 8.99. The first-order valence-corrected chi connectivity index (χ1v) is 11.7. The second-order valence-electron chi connectivity index (χ2n) is 9.05. The predicted molar refractivity (Wildman–Crippen MR) is 134 cm³/mol. The lowest BCUT2D eigenvalue weighted by Crippen LogP contribution is -2.29. The van der Waals surface area contributed by atoms with Gasteiger partial charge >= 0.3 is 0 Å². The number of carbonyl (C=O) groups excluding carboxylic acids is 2. The Morgan fingerprint density at radius 2 is 1.76 bits per heavy atom. The third kappa shape index (κ3) is 4.07. The van der Waals surface area contributed by atoms with Crippen LogP contribution < -0.4 is 14.4 Å². The van der Waals surface area contributed by atoms with Gasteiger partial charge in [-0.1, -0.05) is 39.0 Å². The van der Waals surface area contributed by atoms with Crippen molar-refractivity contribution in [3.05, 3.63) is 81.6 Å². The van der Waals surface area contributed by atoms with E-state index < -0.39 is 17.7 Å². The number of amides is 1. The summed E-state index contributed by atoms with van der Waals surface area (Å²) >= 11 is 1.41. The quantitative estimate of drug-likeness (QED) is 0.290. The number of rotatable bonds is 5. The fourth-order valence-electron chi connectivity index (χ4n) is 4.08. The molecule has 7 heteroatoms. The molecule has 1 saturated heterocycles. The van der Waals surface area contributed by atoms with E-state index in [0.717, 1.165) is 10.4 Å². The summed E-state index contributed by atoms with van der Waals surface area (Å²) in [6.45, 7) is 6.18. The molecule has 1 atom stereocenters. The van der Waals surface area contributed by atoms with Crippen LogP contribution >= 0.6 is 11.3 Å². The normalized spacial score (nSPS) is 17.8. The van der Waals surface area contributed by atoms with Crippen molar-refractivity contribution in [3.63, 3.8) is 0 Å². The van der Waals surface area contributed by atoms with E-state index in [-0.39, 0.29) is 16.7 Å².